The lowest BCUT2D eigenvalue weighted by atomic mass is 10.3. The van der Waals surface area contributed by atoms with Gasteiger partial charge in [-0.2, -0.15) is 0 Å². The Labute approximate surface area is 101 Å². The molecule has 0 aliphatic carbocycles. The lowest BCUT2D eigenvalue weighted by molar-refractivity contribution is 0.631. The number of rotatable bonds is 6. The van der Waals surface area contributed by atoms with E-state index in [4.69, 9.17) is 0 Å². The predicted molar refractivity (Wildman–Crippen MR) is 65.4 cm³/mol. The predicted octanol–water partition coefficient (Wildman–Crippen LogP) is 1.23. The fraction of sp³-hybridized carbons (Fsp3) is 0.417. The number of aromatic amines is 1. The highest BCUT2D eigenvalue weighted by Gasteiger charge is 1.97. The highest BCUT2D eigenvalue weighted by Crippen LogP contribution is 1.96. The Morgan fingerprint density at radius 1 is 1.29 bits per heavy atom. The Bertz CT molecular complexity index is 438. The molecule has 2 rings (SSSR count). The summed E-state index contributed by atoms with van der Waals surface area (Å²) in [5, 5.41) is 3.36. The maximum absolute atomic E-state index is 4.33. The zero-order valence-corrected chi connectivity index (χ0v) is 9.98. The van der Waals surface area contributed by atoms with Crippen molar-refractivity contribution in [3.8, 4) is 0 Å². The standard InChI is InChI=1S/C12H17N5/c1-10-14-6-4-11(17-10)9-13-5-2-3-12-15-7-8-16-12/h4,6-8,13H,2-3,5,9H2,1H3,(H,15,16). The van der Waals surface area contributed by atoms with E-state index in [1.807, 2.05) is 19.2 Å². The molecule has 0 spiro atoms. The second-order valence-corrected chi connectivity index (χ2v) is 3.91. The molecular weight excluding hydrogens is 214 g/mol. The van der Waals surface area contributed by atoms with Crippen LogP contribution in [-0.4, -0.2) is 26.5 Å². The van der Waals surface area contributed by atoms with Gasteiger partial charge in [-0.05, 0) is 26.0 Å². The molecule has 0 aliphatic heterocycles. The molecule has 90 valence electrons. The van der Waals surface area contributed by atoms with Crippen molar-refractivity contribution in [3.05, 3.63) is 42.0 Å². The zero-order valence-electron chi connectivity index (χ0n) is 9.98. The summed E-state index contributed by atoms with van der Waals surface area (Å²) in [7, 11) is 0. The Kier molecular flexibility index (Phi) is 4.21. The number of hydrogen-bond acceptors (Lipinski definition) is 4. The van der Waals surface area contributed by atoms with Gasteiger partial charge in [-0.3, -0.25) is 0 Å². The summed E-state index contributed by atoms with van der Waals surface area (Å²) in [4.78, 5) is 15.7. The van der Waals surface area contributed by atoms with Crippen LogP contribution in [-0.2, 0) is 13.0 Å². The summed E-state index contributed by atoms with van der Waals surface area (Å²) in [5.41, 5.74) is 1.04. The van der Waals surface area contributed by atoms with Gasteiger partial charge in [0.05, 0.1) is 5.69 Å². The fourth-order valence-corrected chi connectivity index (χ4v) is 1.64. The SMILES string of the molecule is Cc1nccc(CNCCCc2ncc[nH]2)n1. The molecule has 0 saturated carbocycles. The van der Waals surface area contributed by atoms with Crippen LogP contribution in [0.3, 0.4) is 0 Å². The molecule has 2 aromatic rings. The first kappa shape index (κ1) is 11.7. The van der Waals surface area contributed by atoms with E-state index in [0.29, 0.717) is 0 Å². The summed E-state index contributed by atoms with van der Waals surface area (Å²) in [5.74, 6) is 1.87. The van der Waals surface area contributed by atoms with Gasteiger partial charge in [0.25, 0.3) is 0 Å². The largest absolute Gasteiger partial charge is 0.349 e. The topological polar surface area (TPSA) is 66.5 Å². The van der Waals surface area contributed by atoms with Gasteiger partial charge in [0, 0.05) is 31.6 Å². The van der Waals surface area contributed by atoms with Gasteiger partial charge in [-0.25, -0.2) is 15.0 Å². The smallest absolute Gasteiger partial charge is 0.125 e. The Balaban J connectivity index is 1.63. The fourth-order valence-electron chi connectivity index (χ4n) is 1.64. The molecule has 2 N–H and O–H groups in total. The van der Waals surface area contributed by atoms with Crippen LogP contribution in [0.5, 0.6) is 0 Å². The first-order valence-electron chi connectivity index (χ1n) is 5.82. The van der Waals surface area contributed by atoms with Crippen molar-refractivity contribution in [2.24, 2.45) is 0 Å². The first-order chi connectivity index (χ1) is 8.34. The molecule has 0 amide bonds. The average Bonchev–Trinajstić information content (AvgIpc) is 2.82. The Morgan fingerprint density at radius 3 is 3.00 bits per heavy atom. The zero-order chi connectivity index (χ0) is 11.9. The van der Waals surface area contributed by atoms with Crippen LogP contribution in [0.4, 0.5) is 0 Å². The van der Waals surface area contributed by atoms with Gasteiger partial charge < -0.3 is 10.3 Å². The van der Waals surface area contributed by atoms with E-state index >= 15 is 0 Å². The van der Waals surface area contributed by atoms with E-state index in [2.05, 4.69) is 25.3 Å². The second kappa shape index (κ2) is 6.10. The molecule has 0 atom stereocenters. The minimum Gasteiger partial charge on any atom is -0.349 e. The molecule has 0 bridgehead atoms. The maximum Gasteiger partial charge on any atom is 0.125 e. The molecule has 0 aliphatic rings. The van der Waals surface area contributed by atoms with Crippen LogP contribution >= 0.6 is 0 Å². The molecule has 2 heterocycles. The van der Waals surface area contributed by atoms with Gasteiger partial charge in [-0.1, -0.05) is 0 Å². The van der Waals surface area contributed by atoms with Crippen LogP contribution < -0.4 is 5.32 Å². The summed E-state index contributed by atoms with van der Waals surface area (Å²) in [6, 6.07) is 1.94. The molecule has 0 aromatic carbocycles. The minimum atomic E-state index is 0.793. The van der Waals surface area contributed by atoms with Crippen LogP contribution in [0.25, 0.3) is 0 Å². The van der Waals surface area contributed by atoms with Crippen molar-refractivity contribution in [2.75, 3.05) is 6.54 Å². The molecule has 0 fully saturated rings. The number of nitrogens with zero attached hydrogens (tertiary/aromatic N) is 3. The summed E-state index contributed by atoms with van der Waals surface area (Å²) >= 11 is 0. The first-order valence-corrected chi connectivity index (χ1v) is 5.82. The van der Waals surface area contributed by atoms with E-state index < -0.39 is 0 Å². The van der Waals surface area contributed by atoms with E-state index in [-0.39, 0.29) is 0 Å². The molecule has 0 radical (unpaired) electrons. The summed E-state index contributed by atoms with van der Waals surface area (Å²) in [6.45, 7) is 3.66. The van der Waals surface area contributed by atoms with Crippen molar-refractivity contribution in [3.63, 3.8) is 0 Å². The lowest BCUT2D eigenvalue weighted by Crippen LogP contribution is -2.16. The number of H-pyrrole nitrogens is 1. The van der Waals surface area contributed by atoms with Crippen LogP contribution in [0, 0.1) is 6.92 Å². The molecule has 5 nitrogen and oxygen atoms in total. The molecule has 0 unspecified atom stereocenters. The Hall–Kier alpha value is -1.75. The summed E-state index contributed by atoms with van der Waals surface area (Å²) in [6.07, 6.45) is 7.47. The van der Waals surface area contributed by atoms with E-state index in [0.717, 1.165) is 43.3 Å². The summed E-state index contributed by atoms with van der Waals surface area (Å²) < 4.78 is 0. The van der Waals surface area contributed by atoms with Gasteiger partial charge >= 0.3 is 0 Å². The third kappa shape index (κ3) is 3.96. The number of aromatic nitrogens is 4. The normalized spacial score (nSPS) is 10.6. The number of nitrogens with one attached hydrogen (secondary N) is 2. The van der Waals surface area contributed by atoms with E-state index in [1.54, 1.807) is 12.4 Å². The highest BCUT2D eigenvalue weighted by atomic mass is 14.9. The molecule has 0 saturated heterocycles. The highest BCUT2D eigenvalue weighted by molar-refractivity contribution is 5.00. The second-order valence-electron chi connectivity index (χ2n) is 3.91. The number of imidazole rings is 1. The van der Waals surface area contributed by atoms with Crippen LogP contribution in [0.1, 0.15) is 23.8 Å². The van der Waals surface area contributed by atoms with Crippen LogP contribution in [0.2, 0.25) is 0 Å². The molecule has 5 heteroatoms. The molecular formula is C12H17N5. The average molecular weight is 231 g/mol. The number of hydrogen-bond donors (Lipinski definition) is 2. The van der Waals surface area contributed by atoms with Crippen molar-refractivity contribution in [2.45, 2.75) is 26.3 Å². The monoisotopic (exact) mass is 231 g/mol. The van der Waals surface area contributed by atoms with Gasteiger partial charge in [0.1, 0.15) is 11.6 Å². The van der Waals surface area contributed by atoms with Crippen molar-refractivity contribution in [1.82, 2.24) is 25.3 Å². The Morgan fingerprint density at radius 2 is 2.24 bits per heavy atom. The molecule has 17 heavy (non-hydrogen) atoms. The van der Waals surface area contributed by atoms with Gasteiger partial charge in [0.2, 0.25) is 0 Å². The quantitative estimate of drug-likeness (QED) is 0.734. The maximum atomic E-state index is 4.33. The van der Waals surface area contributed by atoms with Gasteiger partial charge in [-0.15, -0.1) is 0 Å². The van der Waals surface area contributed by atoms with Crippen molar-refractivity contribution < 1.29 is 0 Å². The van der Waals surface area contributed by atoms with E-state index in [1.165, 1.54) is 0 Å². The van der Waals surface area contributed by atoms with Crippen molar-refractivity contribution in [1.29, 1.82) is 0 Å². The minimum absolute atomic E-state index is 0.793. The van der Waals surface area contributed by atoms with Crippen molar-refractivity contribution >= 4 is 0 Å². The lowest BCUT2D eigenvalue weighted by Gasteiger charge is -2.03. The third-order valence-corrected chi connectivity index (χ3v) is 2.46. The van der Waals surface area contributed by atoms with Crippen LogP contribution in [0.15, 0.2) is 24.7 Å². The molecule has 2 aromatic heterocycles. The third-order valence-electron chi connectivity index (χ3n) is 2.46. The number of aryl methyl sites for hydroxylation is 2. The van der Waals surface area contributed by atoms with Gasteiger partial charge in [0.15, 0.2) is 0 Å². The van der Waals surface area contributed by atoms with E-state index in [9.17, 15) is 0 Å².